The molecule has 3 heteroatoms. The topological polar surface area (TPSA) is 0 Å². The number of hydrogen-bond donors (Lipinski definition) is 0. The molecule has 0 fully saturated rings. The minimum absolute atomic E-state index is 0. The van der Waals surface area contributed by atoms with E-state index in [0.717, 1.165) is 12.3 Å². The van der Waals surface area contributed by atoms with Crippen LogP contribution in [0.1, 0.15) is 0 Å². The SMILES string of the molecule is [Pt].c1ccc([PH](CC[PH](c2ccccc2)(c2ccccc2)c2ccccc2)(c2ccccc2)c2ccccc2)cc1. The van der Waals surface area contributed by atoms with Crippen molar-refractivity contribution in [1.82, 2.24) is 0 Å². The van der Waals surface area contributed by atoms with Crippen LogP contribution >= 0.6 is 14.5 Å². The first-order chi connectivity index (χ1) is 19.8. The average molecular weight is 750 g/mol. The Morgan fingerprint density at radius 3 is 0.537 bits per heavy atom. The Labute approximate surface area is 260 Å². The van der Waals surface area contributed by atoms with Gasteiger partial charge in [-0.1, -0.05) is 0 Å². The van der Waals surface area contributed by atoms with Crippen LogP contribution in [0.5, 0.6) is 0 Å². The van der Waals surface area contributed by atoms with Gasteiger partial charge in [0.25, 0.3) is 0 Å². The van der Waals surface area contributed by atoms with Gasteiger partial charge in [0.15, 0.2) is 0 Å². The summed E-state index contributed by atoms with van der Waals surface area (Å²) < 4.78 is 0. The molecule has 0 aliphatic rings. The molecule has 0 aliphatic heterocycles. The summed E-state index contributed by atoms with van der Waals surface area (Å²) in [6.07, 6.45) is 2.24. The maximum atomic E-state index is 2.38. The second-order valence-corrected chi connectivity index (χ2v) is 18.6. The molecular formula is C38H36P2Pt. The van der Waals surface area contributed by atoms with Crippen molar-refractivity contribution in [3.05, 3.63) is 182 Å². The van der Waals surface area contributed by atoms with Crippen molar-refractivity contribution in [2.75, 3.05) is 12.3 Å². The van der Waals surface area contributed by atoms with Crippen molar-refractivity contribution in [2.24, 2.45) is 0 Å². The van der Waals surface area contributed by atoms with Crippen LogP contribution in [0, 0.1) is 0 Å². The molecule has 208 valence electrons. The fourth-order valence-corrected chi connectivity index (χ4v) is 17.9. The van der Waals surface area contributed by atoms with Crippen molar-refractivity contribution < 1.29 is 21.1 Å². The quantitative estimate of drug-likeness (QED) is 0.150. The van der Waals surface area contributed by atoms with E-state index in [1.165, 1.54) is 31.8 Å². The molecule has 0 nitrogen and oxygen atoms in total. The zero-order chi connectivity index (χ0) is 27.1. The van der Waals surface area contributed by atoms with Gasteiger partial charge < -0.3 is 0 Å². The van der Waals surface area contributed by atoms with E-state index >= 15 is 0 Å². The predicted molar refractivity (Wildman–Crippen MR) is 183 cm³/mol. The molecule has 6 aromatic carbocycles. The van der Waals surface area contributed by atoms with Gasteiger partial charge >= 0.3 is 241 Å². The third-order valence-electron chi connectivity index (χ3n) is 8.47. The average Bonchev–Trinajstić information content (AvgIpc) is 3.06. The van der Waals surface area contributed by atoms with Crippen LogP contribution in [-0.2, 0) is 21.1 Å². The van der Waals surface area contributed by atoms with E-state index in [-0.39, 0.29) is 21.1 Å². The van der Waals surface area contributed by atoms with Gasteiger partial charge in [-0.05, 0) is 0 Å². The Balaban J connectivity index is 0.00000337. The first-order valence-electron chi connectivity index (χ1n) is 14.2. The molecular weight excluding hydrogens is 713 g/mol. The third kappa shape index (κ3) is 5.81. The minimum atomic E-state index is -2.40. The second kappa shape index (κ2) is 13.7. The Bertz CT molecular complexity index is 1290. The Hall–Kier alpha value is -3.13. The predicted octanol–water partition coefficient (Wildman–Crippen LogP) is 6.44. The van der Waals surface area contributed by atoms with E-state index in [1.807, 2.05) is 0 Å². The number of benzene rings is 6. The normalized spacial score (nSPS) is 12.2. The van der Waals surface area contributed by atoms with Crippen LogP contribution in [0.4, 0.5) is 0 Å². The molecule has 0 saturated heterocycles. The van der Waals surface area contributed by atoms with Crippen LogP contribution in [0.3, 0.4) is 0 Å². The van der Waals surface area contributed by atoms with Gasteiger partial charge in [-0.25, -0.2) is 0 Å². The Morgan fingerprint density at radius 2 is 0.390 bits per heavy atom. The summed E-state index contributed by atoms with van der Waals surface area (Å²) in [6, 6.07) is 68.1. The Kier molecular flexibility index (Phi) is 9.80. The van der Waals surface area contributed by atoms with Crippen LogP contribution in [0.25, 0.3) is 0 Å². The van der Waals surface area contributed by atoms with Gasteiger partial charge in [-0.3, -0.25) is 0 Å². The molecule has 0 radical (unpaired) electrons. The molecule has 6 aromatic rings. The summed E-state index contributed by atoms with van der Waals surface area (Å²) in [4.78, 5) is 0. The molecule has 0 spiro atoms. The van der Waals surface area contributed by atoms with E-state index in [2.05, 4.69) is 182 Å². The molecule has 0 aromatic heterocycles. The van der Waals surface area contributed by atoms with E-state index in [4.69, 9.17) is 0 Å². The monoisotopic (exact) mass is 749 g/mol. The molecule has 0 aliphatic carbocycles. The van der Waals surface area contributed by atoms with Gasteiger partial charge in [0.05, 0.1) is 0 Å². The first-order valence-corrected chi connectivity index (χ1v) is 18.6. The van der Waals surface area contributed by atoms with E-state index in [0.29, 0.717) is 0 Å². The van der Waals surface area contributed by atoms with E-state index < -0.39 is 14.5 Å². The van der Waals surface area contributed by atoms with Crippen molar-refractivity contribution >= 4 is 46.4 Å². The molecule has 6 rings (SSSR count). The molecule has 0 bridgehead atoms. The molecule has 0 amide bonds. The molecule has 0 heterocycles. The zero-order valence-corrected chi connectivity index (χ0v) is 27.3. The van der Waals surface area contributed by atoms with Crippen molar-refractivity contribution in [3.8, 4) is 0 Å². The molecule has 41 heavy (non-hydrogen) atoms. The van der Waals surface area contributed by atoms with Gasteiger partial charge in [-0.2, -0.15) is 0 Å². The van der Waals surface area contributed by atoms with Crippen molar-refractivity contribution in [1.29, 1.82) is 0 Å². The molecule has 0 atom stereocenters. The molecule has 0 saturated carbocycles. The van der Waals surface area contributed by atoms with Crippen LogP contribution < -0.4 is 31.8 Å². The molecule has 0 unspecified atom stereocenters. The molecule has 0 N–H and O–H groups in total. The van der Waals surface area contributed by atoms with Crippen molar-refractivity contribution in [3.63, 3.8) is 0 Å². The summed E-state index contributed by atoms with van der Waals surface area (Å²) in [5.74, 6) is 0. The number of rotatable bonds is 9. The maximum absolute atomic E-state index is 2.40. The summed E-state index contributed by atoms with van der Waals surface area (Å²) in [7, 11) is -4.80. The van der Waals surface area contributed by atoms with Gasteiger partial charge in [0.1, 0.15) is 0 Å². The summed E-state index contributed by atoms with van der Waals surface area (Å²) in [5.41, 5.74) is 0. The van der Waals surface area contributed by atoms with Crippen LogP contribution in [0.2, 0.25) is 0 Å². The third-order valence-corrected chi connectivity index (χ3v) is 18.9. The van der Waals surface area contributed by atoms with Crippen LogP contribution in [0.15, 0.2) is 182 Å². The Morgan fingerprint density at radius 1 is 0.244 bits per heavy atom. The fourth-order valence-electron chi connectivity index (χ4n) is 6.58. The zero-order valence-electron chi connectivity index (χ0n) is 23.1. The fraction of sp³-hybridized carbons (Fsp3) is 0.0526. The van der Waals surface area contributed by atoms with E-state index in [1.54, 1.807) is 0 Å². The number of hydrogen-bond acceptors (Lipinski definition) is 0. The van der Waals surface area contributed by atoms with Gasteiger partial charge in [0, 0.05) is 21.1 Å². The van der Waals surface area contributed by atoms with Crippen LogP contribution in [-0.4, -0.2) is 12.3 Å². The van der Waals surface area contributed by atoms with E-state index in [9.17, 15) is 0 Å². The van der Waals surface area contributed by atoms with Gasteiger partial charge in [0.2, 0.25) is 0 Å². The summed E-state index contributed by atoms with van der Waals surface area (Å²) in [5, 5.41) is 8.86. The summed E-state index contributed by atoms with van der Waals surface area (Å²) >= 11 is 0. The summed E-state index contributed by atoms with van der Waals surface area (Å²) in [6.45, 7) is 0. The second-order valence-electron chi connectivity index (χ2n) is 10.5. The van der Waals surface area contributed by atoms with Crippen molar-refractivity contribution in [2.45, 2.75) is 0 Å². The first kappa shape index (κ1) is 29.4. The standard InChI is InChI=1S/C38H36P2.Pt/c1-7-19-33(20-8-1)39(34-21-9-2-10-22-34,35-23-11-3-12-24-35)31-32-40(36-25-13-4-14-26-36,37-27-15-5-16-28-37)38-29-17-6-18-30-38;/h1-30,39-40H,31-32H2;. The van der Waals surface area contributed by atoms with Gasteiger partial charge in [-0.15, -0.1) is 0 Å².